The lowest BCUT2D eigenvalue weighted by atomic mass is 9.99. The first-order valence-corrected chi connectivity index (χ1v) is 5.52. The summed E-state index contributed by atoms with van der Waals surface area (Å²) in [6.07, 6.45) is 2.96. The van der Waals surface area contributed by atoms with E-state index in [1.807, 2.05) is 5.38 Å². The minimum atomic E-state index is -0.814. The largest absolute Gasteiger partial charge is 0.465 e. The van der Waals surface area contributed by atoms with Crippen LogP contribution >= 0.6 is 11.3 Å². The highest BCUT2D eigenvalue weighted by molar-refractivity contribution is 7.09. The van der Waals surface area contributed by atoms with E-state index in [4.69, 9.17) is 5.11 Å². The maximum absolute atomic E-state index is 10.8. The van der Waals surface area contributed by atoms with E-state index in [1.165, 1.54) is 4.90 Å². The number of nitrogens with zero attached hydrogens (tertiary/aromatic N) is 2. The first-order chi connectivity index (χ1) is 6.77. The molecule has 1 fully saturated rings. The van der Waals surface area contributed by atoms with Gasteiger partial charge in [-0.3, -0.25) is 0 Å². The summed E-state index contributed by atoms with van der Waals surface area (Å²) in [6, 6.07) is 0. The number of hydrogen-bond donors (Lipinski definition) is 1. The molecule has 5 heteroatoms. The van der Waals surface area contributed by atoms with E-state index in [2.05, 4.69) is 4.98 Å². The standard InChI is InChI=1S/C9H12N2O2S/c12-9(13)11-4-1-2-7(6-11)8-10-3-5-14-8/h3,5,7H,1-2,4,6H2,(H,12,13). The summed E-state index contributed by atoms with van der Waals surface area (Å²) in [6.45, 7) is 1.26. The van der Waals surface area contributed by atoms with Gasteiger partial charge < -0.3 is 10.0 Å². The van der Waals surface area contributed by atoms with Gasteiger partial charge in [-0.25, -0.2) is 9.78 Å². The molecule has 0 radical (unpaired) electrons. The molecule has 2 rings (SSSR count). The van der Waals surface area contributed by atoms with Gasteiger partial charge in [0, 0.05) is 30.6 Å². The van der Waals surface area contributed by atoms with E-state index < -0.39 is 6.09 Å². The molecule has 1 N–H and O–H groups in total. The number of thiazole rings is 1. The van der Waals surface area contributed by atoms with Crippen LogP contribution in [0.1, 0.15) is 23.8 Å². The van der Waals surface area contributed by atoms with Crippen LogP contribution in [0.4, 0.5) is 4.79 Å². The fraction of sp³-hybridized carbons (Fsp3) is 0.556. The zero-order chi connectivity index (χ0) is 9.97. The van der Waals surface area contributed by atoms with Gasteiger partial charge in [0.25, 0.3) is 0 Å². The van der Waals surface area contributed by atoms with Gasteiger partial charge >= 0.3 is 6.09 Å². The molecule has 4 nitrogen and oxygen atoms in total. The van der Waals surface area contributed by atoms with E-state index in [0.29, 0.717) is 19.0 Å². The monoisotopic (exact) mass is 212 g/mol. The van der Waals surface area contributed by atoms with Crippen LogP contribution in [0, 0.1) is 0 Å². The van der Waals surface area contributed by atoms with Crippen LogP contribution in [0.5, 0.6) is 0 Å². The molecule has 76 valence electrons. The van der Waals surface area contributed by atoms with E-state index >= 15 is 0 Å². The van der Waals surface area contributed by atoms with Crippen LogP contribution in [0.3, 0.4) is 0 Å². The second kappa shape index (κ2) is 3.96. The van der Waals surface area contributed by atoms with Crippen molar-refractivity contribution in [2.45, 2.75) is 18.8 Å². The Hall–Kier alpha value is -1.10. The predicted octanol–water partition coefficient (Wildman–Crippen LogP) is 2.00. The number of carbonyl (C=O) groups is 1. The molecule has 0 aromatic carbocycles. The molecule has 0 aliphatic carbocycles. The van der Waals surface area contributed by atoms with Gasteiger partial charge in [0.2, 0.25) is 0 Å². The molecule has 1 aromatic heterocycles. The van der Waals surface area contributed by atoms with Crippen molar-refractivity contribution in [2.24, 2.45) is 0 Å². The Labute approximate surface area is 86.2 Å². The highest BCUT2D eigenvalue weighted by Gasteiger charge is 2.25. The Morgan fingerprint density at radius 3 is 3.21 bits per heavy atom. The van der Waals surface area contributed by atoms with Crippen molar-refractivity contribution in [3.63, 3.8) is 0 Å². The van der Waals surface area contributed by atoms with Crippen LogP contribution in [-0.4, -0.2) is 34.2 Å². The molecule has 1 atom stereocenters. The molecule has 14 heavy (non-hydrogen) atoms. The molecule has 1 aliphatic rings. The first-order valence-electron chi connectivity index (χ1n) is 4.64. The van der Waals surface area contributed by atoms with E-state index in [1.54, 1.807) is 17.5 Å². The van der Waals surface area contributed by atoms with Gasteiger partial charge in [0.05, 0.1) is 5.01 Å². The lowest BCUT2D eigenvalue weighted by Crippen LogP contribution is -2.38. The summed E-state index contributed by atoms with van der Waals surface area (Å²) in [4.78, 5) is 16.5. The third-order valence-electron chi connectivity index (χ3n) is 2.49. The Morgan fingerprint density at radius 2 is 2.57 bits per heavy atom. The van der Waals surface area contributed by atoms with Gasteiger partial charge in [-0.15, -0.1) is 11.3 Å². The summed E-state index contributed by atoms with van der Waals surface area (Å²) >= 11 is 1.61. The van der Waals surface area contributed by atoms with Crippen molar-refractivity contribution >= 4 is 17.4 Å². The van der Waals surface area contributed by atoms with Gasteiger partial charge in [-0.1, -0.05) is 0 Å². The lowest BCUT2D eigenvalue weighted by Gasteiger charge is -2.29. The van der Waals surface area contributed by atoms with Crippen LogP contribution in [0.15, 0.2) is 11.6 Å². The minimum absolute atomic E-state index is 0.305. The Bertz CT molecular complexity index is 313. The topological polar surface area (TPSA) is 53.4 Å². The van der Waals surface area contributed by atoms with Crippen LogP contribution in [0.2, 0.25) is 0 Å². The Kier molecular flexibility index (Phi) is 2.67. The fourth-order valence-electron chi connectivity index (χ4n) is 1.79. The van der Waals surface area contributed by atoms with Crippen molar-refractivity contribution in [1.29, 1.82) is 0 Å². The summed E-state index contributed by atoms with van der Waals surface area (Å²) in [5, 5.41) is 11.9. The molecule has 1 aliphatic heterocycles. The SMILES string of the molecule is O=C(O)N1CCCC(c2nccs2)C1. The van der Waals surface area contributed by atoms with Crippen molar-refractivity contribution in [2.75, 3.05) is 13.1 Å². The number of rotatable bonds is 1. The number of carboxylic acid groups (broad SMARTS) is 1. The maximum atomic E-state index is 10.8. The zero-order valence-electron chi connectivity index (χ0n) is 7.72. The van der Waals surface area contributed by atoms with Crippen LogP contribution in [0.25, 0.3) is 0 Å². The van der Waals surface area contributed by atoms with Gasteiger partial charge in [-0.2, -0.15) is 0 Å². The number of amides is 1. The van der Waals surface area contributed by atoms with Crippen molar-refractivity contribution < 1.29 is 9.90 Å². The molecular formula is C9H12N2O2S. The summed E-state index contributed by atoms with van der Waals surface area (Å²) in [5.74, 6) is 0.305. The average Bonchev–Trinajstić information content (AvgIpc) is 2.71. The molecule has 0 saturated carbocycles. The highest BCUT2D eigenvalue weighted by atomic mass is 32.1. The first kappa shape index (κ1) is 9.45. The lowest BCUT2D eigenvalue weighted by molar-refractivity contribution is 0.130. The maximum Gasteiger partial charge on any atom is 0.407 e. The number of aromatic nitrogens is 1. The quantitative estimate of drug-likeness (QED) is 0.774. The molecule has 1 aromatic rings. The summed E-state index contributed by atoms with van der Waals surface area (Å²) in [7, 11) is 0. The third-order valence-corrected chi connectivity index (χ3v) is 3.43. The highest BCUT2D eigenvalue weighted by Crippen LogP contribution is 2.27. The van der Waals surface area contributed by atoms with E-state index in [0.717, 1.165) is 17.8 Å². The molecule has 1 amide bonds. The predicted molar refractivity (Wildman–Crippen MR) is 53.7 cm³/mol. The van der Waals surface area contributed by atoms with Gasteiger partial charge in [0.15, 0.2) is 0 Å². The number of likely N-dealkylation sites (tertiary alicyclic amines) is 1. The molecule has 1 saturated heterocycles. The number of hydrogen-bond acceptors (Lipinski definition) is 3. The number of piperidine rings is 1. The average molecular weight is 212 g/mol. The molecule has 0 bridgehead atoms. The van der Waals surface area contributed by atoms with Crippen LogP contribution < -0.4 is 0 Å². The minimum Gasteiger partial charge on any atom is -0.465 e. The second-order valence-corrected chi connectivity index (χ2v) is 4.36. The third kappa shape index (κ3) is 1.87. The van der Waals surface area contributed by atoms with Gasteiger partial charge in [0.1, 0.15) is 0 Å². The van der Waals surface area contributed by atoms with Crippen molar-refractivity contribution in [3.05, 3.63) is 16.6 Å². The smallest absolute Gasteiger partial charge is 0.407 e. The van der Waals surface area contributed by atoms with Gasteiger partial charge in [-0.05, 0) is 12.8 Å². The Balaban J connectivity index is 2.04. The Morgan fingerprint density at radius 1 is 1.71 bits per heavy atom. The van der Waals surface area contributed by atoms with E-state index in [-0.39, 0.29) is 0 Å². The normalized spacial score (nSPS) is 22.3. The molecule has 0 spiro atoms. The van der Waals surface area contributed by atoms with E-state index in [9.17, 15) is 4.79 Å². The van der Waals surface area contributed by atoms with Crippen LogP contribution in [-0.2, 0) is 0 Å². The summed E-state index contributed by atoms with van der Waals surface area (Å²) in [5.41, 5.74) is 0. The molecular weight excluding hydrogens is 200 g/mol. The van der Waals surface area contributed by atoms with Crippen molar-refractivity contribution in [3.8, 4) is 0 Å². The molecule has 1 unspecified atom stereocenters. The second-order valence-electron chi connectivity index (χ2n) is 3.44. The zero-order valence-corrected chi connectivity index (χ0v) is 8.54. The van der Waals surface area contributed by atoms with Crippen molar-refractivity contribution in [1.82, 2.24) is 9.88 Å². The molecule has 2 heterocycles. The fourth-order valence-corrected chi connectivity index (χ4v) is 2.56. The summed E-state index contributed by atoms with van der Waals surface area (Å²) < 4.78 is 0.